The first kappa shape index (κ1) is 27.3. The van der Waals surface area contributed by atoms with Crippen LogP contribution in [0.4, 0.5) is 5.69 Å². The van der Waals surface area contributed by atoms with Crippen LogP contribution in [0.3, 0.4) is 0 Å². The highest BCUT2D eigenvalue weighted by Gasteiger charge is 2.27. The summed E-state index contributed by atoms with van der Waals surface area (Å²) in [6, 6.07) is 13.6. The Bertz CT molecular complexity index is 1160. The molecule has 9 nitrogen and oxygen atoms in total. The Hall–Kier alpha value is -3.24. The molecule has 0 aliphatic carbocycles. The van der Waals surface area contributed by atoms with E-state index in [0.717, 1.165) is 25.7 Å². The number of esters is 1. The summed E-state index contributed by atoms with van der Waals surface area (Å²) in [4.78, 5) is 37.6. The number of hydrogen-bond acceptors (Lipinski definition) is 6. The molecule has 2 aromatic rings. The molecule has 1 aliphatic rings. The summed E-state index contributed by atoms with van der Waals surface area (Å²) in [5.74, 6) is -2.04. The standard InChI is InChI=1S/C26H33N3O6S/c1-19(2)24(28-25(31)20-11-6-5-7-12-20)26(32)35-18-23(30)27-21-13-10-14-22(17-21)36(33,34)29-15-8-3-4-9-16-29/h5-7,10-14,17,19,24H,3-4,8-9,15-16,18H2,1-2H3,(H,27,30)(H,28,31). The summed E-state index contributed by atoms with van der Waals surface area (Å²) < 4.78 is 32.7. The molecule has 0 radical (unpaired) electrons. The highest BCUT2D eigenvalue weighted by Crippen LogP contribution is 2.22. The number of hydrogen-bond donors (Lipinski definition) is 2. The molecule has 0 spiro atoms. The maximum absolute atomic E-state index is 13.0. The summed E-state index contributed by atoms with van der Waals surface area (Å²) in [6.45, 7) is 3.90. The average Bonchev–Trinajstić information content (AvgIpc) is 3.16. The Morgan fingerprint density at radius 1 is 0.944 bits per heavy atom. The third-order valence-electron chi connectivity index (χ3n) is 5.91. The molecule has 1 heterocycles. The minimum absolute atomic E-state index is 0.0997. The van der Waals surface area contributed by atoms with Crippen molar-refractivity contribution in [2.24, 2.45) is 5.92 Å². The van der Waals surface area contributed by atoms with Crippen LogP contribution in [0, 0.1) is 5.92 Å². The zero-order chi connectivity index (χ0) is 26.1. The molecule has 10 heteroatoms. The largest absolute Gasteiger partial charge is 0.454 e. The Kier molecular flexibility index (Phi) is 9.60. The molecule has 0 aromatic heterocycles. The van der Waals surface area contributed by atoms with Crippen molar-refractivity contribution in [1.82, 2.24) is 9.62 Å². The van der Waals surface area contributed by atoms with Gasteiger partial charge in [-0.15, -0.1) is 0 Å². The van der Waals surface area contributed by atoms with Crippen LogP contribution in [0.15, 0.2) is 59.5 Å². The lowest BCUT2D eigenvalue weighted by Crippen LogP contribution is -2.45. The number of amides is 2. The van der Waals surface area contributed by atoms with E-state index in [9.17, 15) is 22.8 Å². The average molecular weight is 516 g/mol. The van der Waals surface area contributed by atoms with Gasteiger partial charge in [-0.05, 0) is 49.1 Å². The molecule has 1 saturated heterocycles. The maximum Gasteiger partial charge on any atom is 0.329 e. The van der Waals surface area contributed by atoms with Gasteiger partial charge in [0.25, 0.3) is 11.8 Å². The highest BCUT2D eigenvalue weighted by molar-refractivity contribution is 7.89. The number of anilines is 1. The predicted molar refractivity (Wildman–Crippen MR) is 136 cm³/mol. The molecule has 1 unspecified atom stereocenters. The lowest BCUT2D eigenvalue weighted by atomic mass is 10.0. The van der Waals surface area contributed by atoms with E-state index in [2.05, 4.69) is 10.6 Å². The van der Waals surface area contributed by atoms with Gasteiger partial charge < -0.3 is 15.4 Å². The first-order chi connectivity index (χ1) is 17.2. The van der Waals surface area contributed by atoms with E-state index >= 15 is 0 Å². The van der Waals surface area contributed by atoms with Crippen LogP contribution in [0.5, 0.6) is 0 Å². The van der Waals surface area contributed by atoms with Crippen LogP contribution in [-0.2, 0) is 24.3 Å². The number of sulfonamides is 1. The monoisotopic (exact) mass is 515 g/mol. The minimum atomic E-state index is -3.67. The van der Waals surface area contributed by atoms with Gasteiger partial charge >= 0.3 is 5.97 Å². The zero-order valence-corrected chi connectivity index (χ0v) is 21.4. The number of nitrogens with zero attached hydrogens (tertiary/aromatic N) is 1. The van der Waals surface area contributed by atoms with E-state index in [1.807, 2.05) is 0 Å². The van der Waals surface area contributed by atoms with E-state index < -0.39 is 40.5 Å². The fourth-order valence-electron chi connectivity index (χ4n) is 3.90. The van der Waals surface area contributed by atoms with Crippen molar-refractivity contribution in [2.75, 3.05) is 25.0 Å². The Labute approximate surface area is 212 Å². The van der Waals surface area contributed by atoms with E-state index in [4.69, 9.17) is 4.74 Å². The van der Waals surface area contributed by atoms with E-state index in [1.54, 1.807) is 56.3 Å². The van der Waals surface area contributed by atoms with Crippen LogP contribution in [0.1, 0.15) is 49.9 Å². The summed E-state index contributed by atoms with van der Waals surface area (Å²) >= 11 is 0. The topological polar surface area (TPSA) is 122 Å². The highest BCUT2D eigenvalue weighted by atomic mass is 32.2. The predicted octanol–water partition coefficient (Wildman–Crippen LogP) is 3.19. The van der Waals surface area contributed by atoms with Gasteiger partial charge in [-0.25, -0.2) is 13.2 Å². The first-order valence-electron chi connectivity index (χ1n) is 12.1. The molecular formula is C26H33N3O6S. The Morgan fingerprint density at radius 2 is 1.61 bits per heavy atom. The molecule has 1 fully saturated rings. The third-order valence-corrected chi connectivity index (χ3v) is 7.80. The lowest BCUT2D eigenvalue weighted by molar-refractivity contribution is -0.150. The molecule has 0 bridgehead atoms. The Balaban J connectivity index is 1.58. The van der Waals surface area contributed by atoms with Crippen molar-refractivity contribution in [3.8, 4) is 0 Å². The second kappa shape index (κ2) is 12.6. The fourth-order valence-corrected chi connectivity index (χ4v) is 5.46. The van der Waals surface area contributed by atoms with Crippen molar-refractivity contribution >= 4 is 33.5 Å². The van der Waals surface area contributed by atoms with Crippen LogP contribution in [0.25, 0.3) is 0 Å². The summed E-state index contributed by atoms with van der Waals surface area (Å²) in [5.41, 5.74) is 0.688. The normalized spacial score (nSPS) is 15.5. The number of nitrogens with one attached hydrogen (secondary N) is 2. The molecule has 3 rings (SSSR count). The molecule has 1 atom stereocenters. The van der Waals surface area contributed by atoms with Gasteiger partial charge in [0, 0.05) is 24.3 Å². The van der Waals surface area contributed by atoms with Crippen LogP contribution >= 0.6 is 0 Å². The van der Waals surface area contributed by atoms with Gasteiger partial charge in [0.1, 0.15) is 6.04 Å². The molecule has 194 valence electrons. The maximum atomic E-state index is 13.0. The molecule has 2 N–H and O–H groups in total. The lowest BCUT2D eigenvalue weighted by Gasteiger charge is -2.21. The third kappa shape index (κ3) is 7.38. The molecular weight excluding hydrogens is 482 g/mol. The van der Waals surface area contributed by atoms with Crippen molar-refractivity contribution in [3.63, 3.8) is 0 Å². The van der Waals surface area contributed by atoms with Crippen LogP contribution < -0.4 is 10.6 Å². The van der Waals surface area contributed by atoms with E-state index in [1.165, 1.54) is 16.4 Å². The second-order valence-corrected chi connectivity index (χ2v) is 11.0. The van der Waals surface area contributed by atoms with Crippen LogP contribution in [0.2, 0.25) is 0 Å². The summed E-state index contributed by atoms with van der Waals surface area (Å²) in [5, 5.41) is 5.22. The van der Waals surface area contributed by atoms with E-state index in [0.29, 0.717) is 18.7 Å². The minimum Gasteiger partial charge on any atom is -0.454 e. The number of carbonyl (C=O) groups excluding carboxylic acids is 3. The number of benzene rings is 2. The second-order valence-electron chi connectivity index (χ2n) is 9.06. The van der Waals surface area contributed by atoms with Crippen molar-refractivity contribution < 1.29 is 27.5 Å². The van der Waals surface area contributed by atoms with Crippen molar-refractivity contribution in [3.05, 3.63) is 60.2 Å². The Morgan fingerprint density at radius 3 is 2.25 bits per heavy atom. The first-order valence-corrected chi connectivity index (χ1v) is 13.5. The SMILES string of the molecule is CC(C)C(NC(=O)c1ccccc1)C(=O)OCC(=O)Nc1cccc(S(=O)(=O)N2CCCCCC2)c1. The molecule has 36 heavy (non-hydrogen) atoms. The molecule has 2 aromatic carbocycles. The summed E-state index contributed by atoms with van der Waals surface area (Å²) in [7, 11) is -3.67. The molecule has 2 amide bonds. The number of ether oxygens (including phenoxy) is 1. The van der Waals surface area contributed by atoms with E-state index in [-0.39, 0.29) is 16.5 Å². The zero-order valence-electron chi connectivity index (χ0n) is 20.6. The van der Waals surface area contributed by atoms with Gasteiger partial charge in [0.15, 0.2) is 6.61 Å². The van der Waals surface area contributed by atoms with Crippen molar-refractivity contribution in [1.29, 1.82) is 0 Å². The molecule has 1 aliphatic heterocycles. The van der Waals surface area contributed by atoms with Crippen LogP contribution in [-0.4, -0.2) is 56.2 Å². The quantitative estimate of drug-likeness (QED) is 0.495. The van der Waals surface area contributed by atoms with Gasteiger partial charge in [-0.1, -0.05) is 51.0 Å². The van der Waals surface area contributed by atoms with Gasteiger partial charge in [-0.2, -0.15) is 4.31 Å². The smallest absolute Gasteiger partial charge is 0.329 e. The van der Waals surface area contributed by atoms with Gasteiger partial charge in [0.05, 0.1) is 4.90 Å². The van der Waals surface area contributed by atoms with Gasteiger partial charge in [-0.3, -0.25) is 9.59 Å². The molecule has 0 saturated carbocycles. The number of carbonyl (C=O) groups is 3. The van der Waals surface area contributed by atoms with Gasteiger partial charge in [0.2, 0.25) is 10.0 Å². The van der Waals surface area contributed by atoms with Crippen molar-refractivity contribution in [2.45, 2.75) is 50.5 Å². The fraction of sp³-hybridized carbons (Fsp3) is 0.423. The number of rotatable bonds is 9. The summed E-state index contributed by atoms with van der Waals surface area (Å²) in [6.07, 6.45) is 3.66.